The number of amides is 1. The third-order valence-corrected chi connectivity index (χ3v) is 4.25. The van der Waals surface area contributed by atoms with Crippen LogP contribution < -0.4 is 14.8 Å². The van der Waals surface area contributed by atoms with Gasteiger partial charge in [0.25, 0.3) is 0 Å². The fourth-order valence-electron chi connectivity index (χ4n) is 2.95. The number of hydrogen-bond acceptors (Lipinski definition) is 6. The van der Waals surface area contributed by atoms with Crippen molar-refractivity contribution >= 4 is 5.91 Å². The summed E-state index contributed by atoms with van der Waals surface area (Å²) in [5.41, 5.74) is 0.866. The van der Waals surface area contributed by atoms with Gasteiger partial charge in [0.1, 0.15) is 25.4 Å². The predicted octanol–water partition coefficient (Wildman–Crippen LogP) is -0.500. The van der Waals surface area contributed by atoms with E-state index in [1.54, 1.807) is 4.90 Å². The summed E-state index contributed by atoms with van der Waals surface area (Å²) in [4.78, 5) is 14.3. The van der Waals surface area contributed by atoms with Crippen LogP contribution in [-0.2, 0) is 11.3 Å². The molecule has 1 fully saturated rings. The maximum absolute atomic E-state index is 12.6. The molecule has 3 N–H and O–H groups in total. The van der Waals surface area contributed by atoms with Crippen molar-refractivity contribution in [2.75, 3.05) is 26.3 Å². The number of nitrogens with zero attached hydrogens (tertiary/aromatic N) is 1. The molecule has 23 heavy (non-hydrogen) atoms. The SMILES string of the molecule is CCN(Cc1cccc2c1OCCO2)C(=O)[C@@H]1NC[C@@H](O)[C@H]1O. The molecule has 0 spiro atoms. The summed E-state index contributed by atoms with van der Waals surface area (Å²) in [5.74, 6) is 1.13. The third kappa shape index (κ3) is 3.12. The predicted molar refractivity (Wildman–Crippen MR) is 82.3 cm³/mol. The van der Waals surface area contributed by atoms with Crippen molar-refractivity contribution < 1.29 is 24.5 Å². The van der Waals surface area contributed by atoms with E-state index in [2.05, 4.69) is 5.32 Å². The van der Waals surface area contributed by atoms with Crippen LogP contribution in [-0.4, -0.2) is 65.6 Å². The Bertz CT molecular complexity index is 580. The minimum Gasteiger partial charge on any atom is -0.486 e. The van der Waals surface area contributed by atoms with Crippen LogP contribution in [0, 0.1) is 0 Å². The van der Waals surface area contributed by atoms with Crippen molar-refractivity contribution in [2.24, 2.45) is 0 Å². The molecule has 1 amide bonds. The van der Waals surface area contributed by atoms with Gasteiger partial charge in [-0.25, -0.2) is 0 Å². The normalized spacial score (nSPS) is 26.1. The number of β-amino-alcohol motifs (C(OH)–C–C–N with tert-alkyl or cyclic N) is 1. The second-order valence-electron chi connectivity index (χ2n) is 5.74. The first kappa shape index (κ1) is 16.0. The second-order valence-corrected chi connectivity index (χ2v) is 5.74. The Morgan fingerprint density at radius 2 is 2.13 bits per heavy atom. The number of fused-ring (bicyclic) bond motifs is 1. The minimum absolute atomic E-state index is 0.215. The van der Waals surface area contributed by atoms with Gasteiger partial charge < -0.3 is 29.9 Å². The molecule has 7 nitrogen and oxygen atoms in total. The average molecular weight is 322 g/mol. The lowest BCUT2D eigenvalue weighted by atomic mass is 10.1. The molecule has 0 bridgehead atoms. The smallest absolute Gasteiger partial charge is 0.242 e. The van der Waals surface area contributed by atoms with Crippen LogP contribution in [0.2, 0.25) is 0 Å². The number of carbonyl (C=O) groups excluding carboxylic acids is 1. The van der Waals surface area contributed by atoms with Crippen molar-refractivity contribution in [1.29, 1.82) is 0 Å². The lowest BCUT2D eigenvalue weighted by Crippen LogP contribution is -2.48. The lowest BCUT2D eigenvalue weighted by molar-refractivity contribution is -0.136. The standard InChI is InChI=1S/C16H22N2O5/c1-2-18(16(21)13-14(20)11(19)8-17-13)9-10-4-3-5-12-15(10)23-7-6-22-12/h3-5,11,13-14,17,19-20H,2,6-9H2,1H3/t11-,13-,14-/m1/s1. The maximum atomic E-state index is 12.6. The van der Waals surface area contributed by atoms with Crippen molar-refractivity contribution in [1.82, 2.24) is 10.2 Å². The Labute approximate surface area is 134 Å². The van der Waals surface area contributed by atoms with E-state index in [1.807, 2.05) is 25.1 Å². The van der Waals surface area contributed by atoms with Crippen LogP contribution in [0.4, 0.5) is 0 Å². The Morgan fingerprint density at radius 3 is 2.83 bits per heavy atom. The molecule has 0 aromatic heterocycles. The van der Waals surface area contributed by atoms with E-state index >= 15 is 0 Å². The third-order valence-electron chi connectivity index (χ3n) is 4.25. The molecule has 3 atom stereocenters. The van der Waals surface area contributed by atoms with Crippen LogP contribution in [0.25, 0.3) is 0 Å². The largest absolute Gasteiger partial charge is 0.486 e. The molecular weight excluding hydrogens is 300 g/mol. The van der Waals surface area contributed by atoms with Gasteiger partial charge in [-0.15, -0.1) is 0 Å². The summed E-state index contributed by atoms with van der Waals surface area (Å²) in [6.45, 7) is 3.95. The van der Waals surface area contributed by atoms with E-state index in [1.165, 1.54) is 0 Å². The number of benzene rings is 1. The zero-order valence-electron chi connectivity index (χ0n) is 13.1. The van der Waals surface area contributed by atoms with Gasteiger partial charge in [0.15, 0.2) is 11.5 Å². The maximum Gasteiger partial charge on any atom is 0.242 e. The number of para-hydroxylation sites is 1. The monoisotopic (exact) mass is 322 g/mol. The summed E-state index contributed by atoms with van der Waals surface area (Å²) in [7, 11) is 0. The molecule has 7 heteroatoms. The van der Waals surface area contributed by atoms with Crippen LogP contribution in [0.5, 0.6) is 11.5 Å². The zero-order chi connectivity index (χ0) is 16.4. The molecule has 0 unspecified atom stereocenters. The molecule has 1 aromatic carbocycles. The van der Waals surface area contributed by atoms with Crippen molar-refractivity contribution in [3.8, 4) is 11.5 Å². The van der Waals surface area contributed by atoms with Gasteiger partial charge in [-0.1, -0.05) is 12.1 Å². The van der Waals surface area contributed by atoms with Crippen LogP contribution >= 0.6 is 0 Å². The van der Waals surface area contributed by atoms with Gasteiger partial charge in [-0.05, 0) is 13.0 Å². The van der Waals surface area contributed by atoms with Gasteiger partial charge in [-0.3, -0.25) is 4.79 Å². The number of likely N-dealkylation sites (N-methyl/N-ethyl adjacent to an activating group) is 1. The molecule has 0 radical (unpaired) electrons. The molecule has 2 heterocycles. The molecule has 2 aliphatic heterocycles. The first-order valence-corrected chi connectivity index (χ1v) is 7.87. The summed E-state index contributed by atoms with van der Waals surface area (Å²) >= 11 is 0. The summed E-state index contributed by atoms with van der Waals surface area (Å²) in [5, 5.41) is 22.4. The summed E-state index contributed by atoms with van der Waals surface area (Å²) < 4.78 is 11.2. The van der Waals surface area contributed by atoms with Gasteiger partial charge in [0, 0.05) is 25.2 Å². The topological polar surface area (TPSA) is 91.3 Å². The lowest BCUT2D eigenvalue weighted by Gasteiger charge is -2.28. The molecule has 1 aromatic rings. The van der Waals surface area contributed by atoms with E-state index in [0.29, 0.717) is 37.8 Å². The number of nitrogens with one attached hydrogen (secondary N) is 1. The van der Waals surface area contributed by atoms with Crippen LogP contribution in [0.3, 0.4) is 0 Å². The zero-order valence-corrected chi connectivity index (χ0v) is 13.1. The minimum atomic E-state index is -1.08. The average Bonchev–Trinajstić information content (AvgIpc) is 2.91. The van der Waals surface area contributed by atoms with E-state index in [-0.39, 0.29) is 12.5 Å². The molecule has 3 rings (SSSR count). The summed E-state index contributed by atoms with van der Waals surface area (Å²) in [6, 6.07) is 4.83. The van der Waals surface area contributed by atoms with Crippen LogP contribution in [0.1, 0.15) is 12.5 Å². The Hall–Kier alpha value is -1.83. The van der Waals surface area contributed by atoms with E-state index in [0.717, 1.165) is 5.56 Å². The number of carbonyl (C=O) groups is 1. The number of aliphatic hydroxyl groups is 2. The molecule has 126 valence electrons. The second kappa shape index (κ2) is 6.74. The summed E-state index contributed by atoms with van der Waals surface area (Å²) in [6.07, 6.45) is -2.00. The van der Waals surface area contributed by atoms with Gasteiger partial charge in [-0.2, -0.15) is 0 Å². The highest BCUT2D eigenvalue weighted by Crippen LogP contribution is 2.34. The van der Waals surface area contributed by atoms with Gasteiger partial charge in [0.2, 0.25) is 5.91 Å². The van der Waals surface area contributed by atoms with Crippen LogP contribution in [0.15, 0.2) is 18.2 Å². The van der Waals surface area contributed by atoms with E-state index in [9.17, 15) is 15.0 Å². The van der Waals surface area contributed by atoms with Crippen molar-refractivity contribution in [3.05, 3.63) is 23.8 Å². The Kier molecular flexibility index (Phi) is 4.70. The molecule has 2 aliphatic rings. The number of rotatable bonds is 4. The highest BCUT2D eigenvalue weighted by Gasteiger charge is 2.39. The first-order chi connectivity index (χ1) is 11.1. The fourth-order valence-corrected chi connectivity index (χ4v) is 2.95. The number of aliphatic hydroxyl groups excluding tert-OH is 2. The molecule has 1 saturated heterocycles. The highest BCUT2D eigenvalue weighted by molar-refractivity contribution is 5.83. The van der Waals surface area contributed by atoms with E-state index < -0.39 is 18.2 Å². The number of ether oxygens (including phenoxy) is 2. The van der Waals surface area contributed by atoms with Crippen molar-refractivity contribution in [3.63, 3.8) is 0 Å². The van der Waals surface area contributed by atoms with Gasteiger partial charge in [0.05, 0.1) is 6.10 Å². The molecular formula is C16H22N2O5. The van der Waals surface area contributed by atoms with E-state index in [4.69, 9.17) is 9.47 Å². The molecule has 0 aliphatic carbocycles. The Morgan fingerprint density at radius 1 is 1.35 bits per heavy atom. The Balaban J connectivity index is 1.76. The highest BCUT2D eigenvalue weighted by atomic mass is 16.6. The first-order valence-electron chi connectivity index (χ1n) is 7.87. The fraction of sp³-hybridized carbons (Fsp3) is 0.562. The number of hydrogen-bond donors (Lipinski definition) is 3. The van der Waals surface area contributed by atoms with Gasteiger partial charge >= 0.3 is 0 Å². The molecule has 0 saturated carbocycles. The quantitative estimate of drug-likeness (QED) is 0.692. The van der Waals surface area contributed by atoms with Crippen molar-refractivity contribution in [2.45, 2.75) is 31.7 Å².